The molecule has 0 N–H and O–H groups in total. The van der Waals surface area contributed by atoms with Crippen LogP contribution >= 0.6 is 0 Å². The monoisotopic (exact) mass is 316 g/mol. The van der Waals surface area contributed by atoms with Crippen molar-refractivity contribution in [2.45, 2.75) is 12.1 Å². The lowest BCUT2D eigenvalue weighted by molar-refractivity contribution is -0.107. The number of aromatic nitrogens is 1. The van der Waals surface area contributed by atoms with E-state index in [2.05, 4.69) is 16.6 Å². The van der Waals surface area contributed by atoms with Gasteiger partial charge >= 0.3 is 14.1 Å². The van der Waals surface area contributed by atoms with E-state index >= 15 is 0 Å². The van der Waals surface area contributed by atoms with Crippen LogP contribution in [-0.4, -0.2) is 67.2 Å². The normalized spacial score (nSPS) is 23.5. The van der Waals surface area contributed by atoms with Gasteiger partial charge in [-0.1, -0.05) is 6.08 Å². The molecule has 23 heavy (non-hydrogen) atoms. The first-order valence-corrected chi connectivity index (χ1v) is 7.22. The van der Waals surface area contributed by atoms with Gasteiger partial charge in [-0.05, 0) is 6.08 Å². The molecule has 2 aliphatic rings. The van der Waals surface area contributed by atoms with E-state index in [0.29, 0.717) is 19.0 Å². The molecule has 0 radical (unpaired) electrons. The standard InChI is InChI=1S/C14H17BN4O4/c1-2-4-23-19-10-6-11(13-17-3-5-21-13)12(7-16-9-22-15)18(8-10)14(19)20/h2-3,5-6,9-10,12H,1,4,7-8,15H2/t10-,12-/m1/s1. The topological polar surface area (TPSA) is 80.4 Å². The van der Waals surface area contributed by atoms with Crippen LogP contribution in [0.2, 0.25) is 0 Å². The summed E-state index contributed by atoms with van der Waals surface area (Å²) in [5, 5.41) is 1.37. The first kappa shape index (κ1) is 15.4. The zero-order valence-corrected chi connectivity index (χ0v) is 12.8. The summed E-state index contributed by atoms with van der Waals surface area (Å²) in [5.41, 5.74) is 0.817. The average molecular weight is 316 g/mol. The number of carbonyl (C=O) groups excluding carboxylic acids is 1. The minimum absolute atomic E-state index is 0.188. The van der Waals surface area contributed by atoms with Gasteiger partial charge in [0.05, 0.1) is 31.4 Å². The summed E-state index contributed by atoms with van der Waals surface area (Å²) in [4.78, 5) is 28.1. The molecule has 2 aliphatic heterocycles. The third-order valence-electron chi connectivity index (χ3n) is 3.70. The van der Waals surface area contributed by atoms with Crippen LogP contribution in [-0.2, 0) is 9.49 Å². The summed E-state index contributed by atoms with van der Waals surface area (Å²) in [6, 6.07) is -0.666. The van der Waals surface area contributed by atoms with Gasteiger partial charge in [-0.2, -0.15) is 5.06 Å². The number of rotatable bonds is 7. The molecule has 8 nitrogen and oxygen atoms in total. The van der Waals surface area contributed by atoms with Crippen molar-refractivity contribution < 1.29 is 18.7 Å². The van der Waals surface area contributed by atoms with Crippen molar-refractivity contribution in [2.24, 2.45) is 4.99 Å². The maximum absolute atomic E-state index is 12.6. The maximum Gasteiger partial charge on any atom is 0.345 e. The van der Waals surface area contributed by atoms with Crippen LogP contribution in [0.5, 0.6) is 0 Å². The molecule has 0 aliphatic carbocycles. The first-order chi connectivity index (χ1) is 11.3. The molecule has 1 aromatic rings. The zero-order chi connectivity index (χ0) is 16.2. The Bertz CT molecular complexity index is 631. The van der Waals surface area contributed by atoms with Gasteiger partial charge < -0.3 is 14.0 Å². The van der Waals surface area contributed by atoms with Gasteiger partial charge in [-0.15, -0.1) is 6.58 Å². The van der Waals surface area contributed by atoms with Crippen molar-refractivity contribution in [1.29, 1.82) is 0 Å². The number of amides is 2. The predicted octanol–water partition coefficient (Wildman–Crippen LogP) is 0.257. The highest BCUT2D eigenvalue weighted by Gasteiger charge is 2.46. The molecule has 1 aromatic heterocycles. The molecule has 9 heteroatoms. The maximum atomic E-state index is 12.6. The molecule has 3 heterocycles. The molecule has 0 spiro atoms. The molecule has 2 bridgehead atoms. The van der Waals surface area contributed by atoms with Crippen LogP contribution in [0.1, 0.15) is 5.89 Å². The van der Waals surface area contributed by atoms with E-state index in [-0.39, 0.29) is 24.7 Å². The van der Waals surface area contributed by atoms with E-state index in [9.17, 15) is 4.79 Å². The van der Waals surface area contributed by atoms with Crippen molar-refractivity contribution in [3.05, 3.63) is 37.1 Å². The number of hydrogen-bond donors (Lipinski definition) is 0. The summed E-state index contributed by atoms with van der Waals surface area (Å²) in [5.74, 6) is 0.482. The SMILES string of the molecule is BOC=NC[C@@H]1C(c2ncco2)=C[C@@H]2CN1C(=O)N2OCC=C. The number of hydrogen-bond acceptors (Lipinski definition) is 6. The third-order valence-corrected chi connectivity index (χ3v) is 3.70. The smallest absolute Gasteiger partial charge is 0.345 e. The lowest BCUT2D eigenvalue weighted by Gasteiger charge is -2.29. The predicted molar refractivity (Wildman–Crippen MR) is 85.1 cm³/mol. The zero-order valence-electron chi connectivity index (χ0n) is 12.8. The molecular weight excluding hydrogens is 299 g/mol. The molecule has 0 unspecified atom stereocenters. The number of urea groups is 1. The van der Waals surface area contributed by atoms with Crippen LogP contribution in [0.4, 0.5) is 4.79 Å². The Hall–Kier alpha value is -2.55. The summed E-state index contributed by atoms with van der Waals surface area (Å²) >= 11 is 0. The fourth-order valence-corrected chi connectivity index (χ4v) is 2.77. The quantitative estimate of drug-likeness (QED) is 0.312. The minimum atomic E-state index is -0.277. The molecule has 120 valence electrons. The van der Waals surface area contributed by atoms with Gasteiger partial charge in [0.15, 0.2) is 6.40 Å². The molecular formula is C14H17BN4O4. The van der Waals surface area contributed by atoms with Crippen molar-refractivity contribution in [3.63, 3.8) is 0 Å². The molecule has 3 rings (SSSR count). The third kappa shape index (κ3) is 2.87. The Balaban J connectivity index is 1.90. The Labute approximate surface area is 134 Å². The van der Waals surface area contributed by atoms with Crippen LogP contribution < -0.4 is 0 Å². The summed E-state index contributed by atoms with van der Waals surface area (Å²) in [6.07, 6.45) is 7.98. The summed E-state index contributed by atoms with van der Waals surface area (Å²) < 4.78 is 10.2. The van der Waals surface area contributed by atoms with Crippen LogP contribution in [0.25, 0.3) is 5.57 Å². The van der Waals surface area contributed by atoms with E-state index in [1.54, 1.807) is 17.2 Å². The average Bonchev–Trinajstić information content (AvgIpc) is 3.17. The van der Waals surface area contributed by atoms with E-state index in [1.165, 1.54) is 25.8 Å². The second kappa shape index (κ2) is 6.70. The van der Waals surface area contributed by atoms with E-state index in [1.807, 2.05) is 6.08 Å². The molecule has 1 fully saturated rings. The van der Waals surface area contributed by atoms with Crippen molar-refractivity contribution in [1.82, 2.24) is 14.9 Å². The first-order valence-electron chi connectivity index (χ1n) is 7.22. The summed E-state index contributed by atoms with van der Waals surface area (Å²) in [6.45, 7) is 4.76. The summed E-state index contributed by atoms with van der Waals surface area (Å²) in [7, 11) is 1.52. The lowest BCUT2D eigenvalue weighted by Crippen LogP contribution is -2.42. The Morgan fingerprint density at radius 2 is 2.48 bits per heavy atom. The Morgan fingerprint density at radius 3 is 3.17 bits per heavy atom. The van der Waals surface area contributed by atoms with Crippen molar-refractivity contribution >= 4 is 26.1 Å². The van der Waals surface area contributed by atoms with Crippen LogP contribution in [0.3, 0.4) is 0 Å². The molecule has 0 aromatic carbocycles. The fourth-order valence-electron chi connectivity index (χ4n) is 2.77. The van der Waals surface area contributed by atoms with Gasteiger partial charge in [0, 0.05) is 12.1 Å². The van der Waals surface area contributed by atoms with Crippen molar-refractivity contribution in [2.75, 3.05) is 19.7 Å². The second-order valence-electron chi connectivity index (χ2n) is 5.09. The van der Waals surface area contributed by atoms with Crippen LogP contribution in [0, 0.1) is 0 Å². The molecule has 2 atom stereocenters. The number of fused-ring (bicyclic) bond motifs is 2. The highest BCUT2D eigenvalue weighted by molar-refractivity contribution is 6.02. The van der Waals surface area contributed by atoms with Crippen LogP contribution in [0.15, 0.2) is 40.6 Å². The van der Waals surface area contributed by atoms with Gasteiger partial charge in [0.25, 0.3) is 0 Å². The van der Waals surface area contributed by atoms with Gasteiger partial charge in [-0.25, -0.2) is 9.78 Å². The lowest BCUT2D eigenvalue weighted by atomic mass is 9.99. The number of aliphatic imine (C=N–C) groups is 1. The number of carbonyl (C=O) groups is 1. The van der Waals surface area contributed by atoms with Gasteiger partial charge in [0.2, 0.25) is 5.89 Å². The Morgan fingerprint density at radius 1 is 1.61 bits per heavy atom. The fraction of sp³-hybridized carbons (Fsp3) is 0.357. The minimum Gasteiger partial charge on any atom is -0.560 e. The van der Waals surface area contributed by atoms with Gasteiger partial charge in [-0.3, -0.25) is 9.83 Å². The van der Waals surface area contributed by atoms with Crippen molar-refractivity contribution in [3.8, 4) is 0 Å². The van der Waals surface area contributed by atoms with E-state index in [4.69, 9.17) is 13.9 Å². The number of oxazole rings is 1. The number of nitrogens with zero attached hydrogens (tertiary/aromatic N) is 4. The van der Waals surface area contributed by atoms with E-state index in [0.717, 1.165) is 5.57 Å². The second-order valence-corrected chi connectivity index (χ2v) is 5.09. The largest absolute Gasteiger partial charge is 0.560 e. The highest BCUT2D eigenvalue weighted by Crippen LogP contribution is 2.34. The molecule has 0 saturated carbocycles. The number of hydroxylamine groups is 2. The Kier molecular flexibility index (Phi) is 4.47. The molecule has 2 amide bonds. The van der Waals surface area contributed by atoms with E-state index < -0.39 is 0 Å². The molecule has 1 saturated heterocycles. The van der Waals surface area contributed by atoms with Gasteiger partial charge in [0.1, 0.15) is 6.26 Å². The highest BCUT2D eigenvalue weighted by atomic mass is 16.7.